The summed E-state index contributed by atoms with van der Waals surface area (Å²) in [7, 11) is 1.66. The molecule has 1 saturated carbocycles. The molecule has 0 radical (unpaired) electrons. The van der Waals surface area contributed by atoms with Crippen LogP contribution < -0.4 is 15.5 Å². The van der Waals surface area contributed by atoms with E-state index in [-0.39, 0.29) is 0 Å². The van der Waals surface area contributed by atoms with E-state index in [1.165, 1.54) is 32.1 Å². The van der Waals surface area contributed by atoms with Gasteiger partial charge in [0.2, 0.25) is 0 Å². The number of hydrogen-bond acceptors (Lipinski definition) is 3. The lowest BCUT2D eigenvalue weighted by molar-refractivity contribution is 0.412. The monoisotopic (exact) mass is 305 g/mol. The zero-order chi connectivity index (χ0) is 15.1. The summed E-state index contributed by atoms with van der Waals surface area (Å²) in [4.78, 5) is 0. The van der Waals surface area contributed by atoms with Crippen molar-refractivity contribution in [3.63, 3.8) is 0 Å². The van der Waals surface area contributed by atoms with E-state index in [0.717, 1.165) is 17.0 Å². The molecule has 1 aromatic carbocycles. The van der Waals surface area contributed by atoms with E-state index in [2.05, 4.69) is 15.8 Å². The predicted octanol–water partition coefficient (Wildman–Crippen LogP) is 3.22. The van der Waals surface area contributed by atoms with Crippen LogP contribution in [0.5, 0.6) is 5.75 Å². The average molecular weight is 305 g/mol. The van der Waals surface area contributed by atoms with Gasteiger partial charge in [0.05, 0.1) is 12.8 Å². The second kappa shape index (κ2) is 7.98. The molecule has 0 spiro atoms. The third kappa shape index (κ3) is 5.01. The third-order valence-electron chi connectivity index (χ3n) is 3.77. The molecule has 1 aromatic rings. The first-order valence-corrected chi connectivity index (χ1v) is 7.85. The molecule has 0 amide bonds. The maximum atomic E-state index is 5.29. The van der Waals surface area contributed by atoms with Gasteiger partial charge in [-0.1, -0.05) is 19.3 Å². The zero-order valence-corrected chi connectivity index (χ0v) is 13.5. The summed E-state index contributed by atoms with van der Waals surface area (Å²) in [5.74, 6) is 0.842. The van der Waals surface area contributed by atoms with Crippen LogP contribution in [0.25, 0.3) is 0 Å². The lowest BCUT2D eigenvalue weighted by Gasteiger charge is -2.23. The van der Waals surface area contributed by atoms with Gasteiger partial charge in [-0.3, -0.25) is 5.43 Å². The number of thiocarbonyl (C=S) groups is 1. The lowest BCUT2D eigenvalue weighted by atomic mass is 9.96. The minimum Gasteiger partial charge on any atom is -0.497 e. The summed E-state index contributed by atoms with van der Waals surface area (Å²) < 4.78 is 5.15. The van der Waals surface area contributed by atoms with Crippen molar-refractivity contribution in [3.05, 3.63) is 29.8 Å². The van der Waals surface area contributed by atoms with Gasteiger partial charge in [0.25, 0.3) is 0 Å². The maximum Gasteiger partial charge on any atom is 0.187 e. The number of methoxy groups -OCH3 is 1. The topological polar surface area (TPSA) is 45.6 Å². The first-order valence-electron chi connectivity index (χ1n) is 7.44. The molecule has 1 aliphatic rings. The number of rotatable bonds is 4. The molecule has 114 valence electrons. The number of nitrogens with one attached hydrogen (secondary N) is 2. The molecule has 0 aromatic heterocycles. The van der Waals surface area contributed by atoms with Gasteiger partial charge in [-0.15, -0.1) is 0 Å². The Balaban J connectivity index is 1.85. The van der Waals surface area contributed by atoms with Crippen molar-refractivity contribution in [3.8, 4) is 5.75 Å². The van der Waals surface area contributed by atoms with Crippen LogP contribution in [0.2, 0.25) is 0 Å². The predicted molar refractivity (Wildman–Crippen MR) is 90.9 cm³/mol. The molecule has 0 saturated heterocycles. The molecule has 5 heteroatoms. The highest BCUT2D eigenvalue weighted by Gasteiger charge is 2.13. The molecule has 0 atom stereocenters. The van der Waals surface area contributed by atoms with Crippen LogP contribution in [0.15, 0.2) is 29.4 Å². The smallest absolute Gasteiger partial charge is 0.187 e. The summed E-state index contributed by atoms with van der Waals surface area (Å²) in [5, 5.41) is 8.28. The summed E-state index contributed by atoms with van der Waals surface area (Å²) in [6.07, 6.45) is 6.31. The van der Waals surface area contributed by atoms with Crippen molar-refractivity contribution in [1.29, 1.82) is 0 Å². The van der Waals surface area contributed by atoms with Crippen LogP contribution in [0, 0.1) is 0 Å². The normalized spacial score (nSPS) is 16.4. The molecule has 4 nitrogen and oxygen atoms in total. The number of hydrogen-bond donors (Lipinski definition) is 2. The Labute approximate surface area is 132 Å². The zero-order valence-electron chi connectivity index (χ0n) is 12.7. The molecular formula is C16H23N3OS. The van der Waals surface area contributed by atoms with Crippen molar-refractivity contribution >= 4 is 23.0 Å². The molecule has 0 heterocycles. The lowest BCUT2D eigenvalue weighted by Crippen LogP contribution is -2.41. The fraction of sp³-hybridized carbons (Fsp3) is 0.500. The van der Waals surface area contributed by atoms with E-state index >= 15 is 0 Å². The third-order valence-corrected chi connectivity index (χ3v) is 3.98. The Kier molecular flexibility index (Phi) is 5.99. The van der Waals surface area contributed by atoms with Gasteiger partial charge in [0, 0.05) is 6.04 Å². The highest BCUT2D eigenvalue weighted by molar-refractivity contribution is 7.80. The van der Waals surface area contributed by atoms with Gasteiger partial charge >= 0.3 is 0 Å². The van der Waals surface area contributed by atoms with Crippen LogP contribution in [-0.4, -0.2) is 24.0 Å². The molecular weight excluding hydrogens is 282 g/mol. The molecule has 2 N–H and O–H groups in total. The Morgan fingerprint density at radius 2 is 1.86 bits per heavy atom. The van der Waals surface area contributed by atoms with E-state index in [9.17, 15) is 0 Å². The largest absolute Gasteiger partial charge is 0.497 e. The Morgan fingerprint density at radius 1 is 1.19 bits per heavy atom. The van der Waals surface area contributed by atoms with Gasteiger partial charge in [-0.25, -0.2) is 0 Å². The molecule has 1 aliphatic carbocycles. The second-order valence-electron chi connectivity index (χ2n) is 5.35. The van der Waals surface area contributed by atoms with Crippen LogP contribution in [0.3, 0.4) is 0 Å². The van der Waals surface area contributed by atoms with Crippen LogP contribution in [0.1, 0.15) is 44.6 Å². The van der Waals surface area contributed by atoms with Crippen molar-refractivity contribution < 1.29 is 4.74 Å². The second-order valence-corrected chi connectivity index (χ2v) is 5.75. The van der Waals surface area contributed by atoms with Gasteiger partial charge in [-0.2, -0.15) is 5.10 Å². The summed E-state index contributed by atoms with van der Waals surface area (Å²) in [6, 6.07) is 8.31. The van der Waals surface area contributed by atoms with Crippen LogP contribution in [-0.2, 0) is 0 Å². The van der Waals surface area contributed by atoms with E-state index in [1.54, 1.807) is 7.11 Å². The first kappa shape index (κ1) is 15.8. The van der Waals surface area contributed by atoms with Gasteiger partial charge in [0.15, 0.2) is 5.11 Å². The van der Waals surface area contributed by atoms with Gasteiger partial charge in [0.1, 0.15) is 5.75 Å². The molecule has 0 unspecified atom stereocenters. The van der Waals surface area contributed by atoms with Crippen LogP contribution in [0.4, 0.5) is 0 Å². The summed E-state index contributed by atoms with van der Waals surface area (Å²) >= 11 is 5.29. The fourth-order valence-corrected chi connectivity index (χ4v) is 2.71. The van der Waals surface area contributed by atoms with E-state index < -0.39 is 0 Å². The van der Waals surface area contributed by atoms with E-state index in [1.807, 2.05) is 31.2 Å². The highest BCUT2D eigenvalue weighted by atomic mass is 32.1. The minimum atomic E-state index is 0.496. The Bertz CT molecular complexity index is 493. The van der Waals surface area contributed by atoms with Crippen molar-refractivity contribution in [2.75, 3.05) is 7.11 Å². The first-order chi connectivity index (χ1) is 10.2. The van der Waals surface area contributed by atoms with Crippen molar-refractivity contribution in [1.82, 2.24) is 10.7 Å². The summed E-state index contributed by atoms with van der Waals surface area (Å²) in [6.45, 7) is 1.96. The number of ether oxygens (including phenoxy) is 1. The number of nitrogens with zero attached hydrogens (tertiary/aromatic N) is 1. The van der Waals surface area contributed by atoms with E-state index in [4.69, 9.17) is 17.0 Å². The van der Waals surface area contributed by atoms with Crippen molar-refractivity contribution in [2.24, 2.45) is 5.10 Å². The molecule has 0 aliphatic heterocycles. The molecule has 2 rings (SSSR count). The van der Waals surface area contributed by atoms with Gasteiger partial charge in [-0.05, 0) is 61.8 Å². The average Bonchev–Trinajstić information content (AvgIpc) is 2.53. The van der Waals surface area contributed by atoms with Crippen molar-refractivity contribution in [2.45, 2.75) is 45.1 Å². The Morgan fingerprint density at radius 3 is 2.48 bits per heavy atom. The fourth-order valence-electron chi connectivity index (χ4n) is 2.50. The molecule has 21 heavy (non-hydrogen) atoms. The van der Waals surface area contributed by atoms with Crippen LogP contribution >= 0.6 is 12.2 Å². The summed E-state index contributed by atoms with van der Waals surface area (Å²) in [5.41, 5.74) is 4.87. The number of hydrazone groups is 1. The highest BCUT2D eigenvalue weighted by Crippen LogP contribution is 2.17. The molecule has 1 fully saturated rings. The minimum absolute atomic E-state index is 0.496. The molecule has 0 bridgehead atoms. The SMILES string of the molecule is COc1ccc(/C(C)=N/NC(=S)NC2CCCCC2)cc1. The maximum absolute atomic E-state index is 5.29. The standard InChI is InChI=1S/C16H23N3OS/c1-12(13-8-10-15(20-2)11-9-13)18-19-16(21)17-14-6-4-3-5-7-14/h8-11,14H,3-7H2,1-2H3,(H2,17,19,21)/b18-12+. The van der Waals surface area contributed by atoms with Gasteiger partial charge < -0.3 is 10.1 Å². The van der Waals surface area contributed by atoms with E-state index in [0.29, 0.717) is 11.2 Å². The number of benzene rings is 1. The Hall–Kier alpha value is -1.62. The quantitative estimate of drug-likeness (QED) is 0.509.